The summed E-state index contributed by atoms with van der Waals surface area (Å²) < 4.78 is 15.5. The number of methoxy groups -OCH3 is 3. The van der Waals surface area contributed by atoms with Gasteiger partial charge in [-0.1, -0.05) is 0 Å². The van der Waals surface area contributed by atoms with Crippen LogP contribution in [0.15, 0.2) is 12.1 Å². The van der Waals surface area contributed by atoms with E-state index in [1.165, 1.54) is 0 Å². The van der Waals surface area contributed by atoms with Crippen LogP contribution in [-0.2, 0) is 11.3 Å². The number of carbonyl (C=O) groups is 1. The van der Waals surface area contributed by atoms with Crippen molar-refractivity contribution in [2.45, 2.75) is 6.54 Å². The van der Waals surface area contributed by atoms with Crippen molar-refractivity contribution >= 4 is 6.41 Å². The molecule has 0 spiro atoms. The van der Waals surface area contributed by atoms with E-state index >= 15 is 0 Å². The summed E-state index contributed by atoms with van der Waals surface area (Å²) in [5.41, 5.74) is 0.826. The largest absolute Gasteiger partial charge is 0.496 e. The number of hydrogen-bond acceptors (Lipinski definition) is 4. The van der Waals surface area contributed by atoms with E-state index in [2.05, 4.69) is 5.32 Å². The lowest BCUT2D eigenvalue weighted by Gasteiger charge is -2.13. The van der Waals surface area contributed by atoms with Crippen molar-refractivity contribution in [1.82, 2.24) is 5.32 Å². The van der Waals surface area contributed by atoms with Gasteiger partial charge >= 0.3 is 0 Å². The first-order valence-corrected chi connectivity index (χ1v) is 4.72. The summed E-state index contributed by atoms with van der Waals surface area (Å²) in [6.07, 6.45) is 0.635. The van der Waals surface area contributed by atoms with Gasteiger partial charge in [0.2, 0.25) is 6.41 Å². The second-order valence-electron chi connectivity index (χ2n) is 3.02. The van der Waals surface area contributed by atoms with Crippen molar-refractivity contribution in [3.63, 3.8) is 0 Å². The zero-order valence-electron chi connectivity index (χ0n) is 9.57. The van der Waals surface area contributed by atoms with E-state index in [-0.39, 0.29) is 0 Å². The molecule has 0 fully saturated rings. The molecule has 0 saturated heterocycles. The van der Waals surface area contributed by atoms with Crippen molar-refractivity contribution < 1.29 is 19.0 Å². The zero-order chi connectivity index (χ0) is 12.0. The number of carbonyl (C=O) groups excluding carboxylic acids is 1. The third kappa shape index (κ3) is 2.56. The van der Waals surface area contributed by atoms with E-state index in [1.807, 2.05) is 0 Å². The van der Waals surface area contributed by atoms with Crippen molar-refractivity contribution in [3.05, 3.63) is 17.7 Å². The fraction of sp³-hybridized carbons (Fsp3) is 0.364. The maximum Gasteiger partial charge on any atom is 0.207 e. The van der Waals surface area contributed by atoms with Gasteiger partial charge in [-0.05, 0) is 6.07 Å². The molecule has 16 heavy (non-hydrogen) atoms. The van der Waals surface area contributed by atoms with E-state index in [0.29, 0.717) is 30.2 Å². The third-order valence-electron chi connectivity index (χ3n) is 2.16. The molecule has 0 heterocycles. The molecule has 0 saturated carbocycles. The second kappa shape index (κ2) is 5.85. The molecule has 0 atom stereocenters. The molecule has 0 aliphatic carbocycles. The lowest BCUT2D eigenvalue weighted by atomic mass is 10.1. The number of rotatable bonds is 6. The average molecular weight is 225 g/mol. The predicted octanol–water partition coefficient (Wildman–Crippen LogP) is 0.958. The fourth-order valence-electron chi connectivity index (χ4n) is 1.38. The Morgan fingerprint density at radius 3 is 2.12 bits per heavy atom. The van der Waals surface area contributed by atoms with E-state index < -0.39 is 0 Å². The van der Waals surface area contributed by atoms with Crippen LogP contribution in [-0.4, -0.2) is 27.7 Å². The molecule has 1 aromatic carbocycles. The lowest BCUT2D eigenvalue weighted by molar-refractivity contribution is -0.109. The monoisotopic (exact) mass is 225 g/mol. The Morgan fingerprint density at radius 2 is 1.62 bits per heavy atom. The van der Waals surface area contributed by atoms with Gasteiger partial charge in [0.25, 0.3) is 0 Å². The number of nitrogens with one attached hydrogen (secondary N) is 1. The zero-order valence-corrected chi connectivity index (χ0v) is 9.57. The van der Waals surface area contributed by atoms with Gasteiger partial charge in [0.15, 0.2) is 11.5 Å². The van der Waals surface area contributed by atoms with E-state index in [1.54, 1.807) is 33.5 Å². The average Bonchev–Trinajstić information content (AvgIpc) is 2.35. The van der Waals surface area contributed by atoms with Crippen LogP contribution >= 0.6 is 0 Å². The molecule has 88 valence electrons. The summed E-state index contributed by atoms with van der Waals surface area (Å²) in [4.78, 5) is 10.2. The summed E-state index contributed by atoms with van der Waals surface area (Å²) in [6, 6.07) is 3.49. The molecule has 0 radical (unpaired) electrons. The van der Waals surface area contributed by atoms with E-state index in [0.717, 1.165) is 5.56 Å². The number of ether oxygens (including phenoxy) is 3. The maximum atomic E-state index is 10.2. The summed E-state index contributed by atoms with van der Waals surface area (Å²) in [5.74, 6) is 1.84. The molecule has 5 heteroatoms. The van der Waals surface area contributed by atoms with Gasteiger partial charge in [-0.2, -0.15) is 0 Å². The van der Waals surface area contributed by atoms with Crippen LogP contribution in [0.2, 0.25) is 0 Å². The van der Waals surface area contributed by atoms with Crippen LogP contribution in [0.25, 0.3) is 0 Å². The molecule has 1 N–H and O–H groups in total. The summed E-state index contributed by atoms with van der Waals surface area (Å²) in [5, 5.41) is 2.57. The van der Waals surface area contributed by atoms with Gasteiger partial charge in [-0.25, -0.2) is 0 Å². The Kier molecular flexibility index (Phi) is 4.44. The Morgan fingerprint density at radius 1 is 1.06 bits per heavy atom. The molecule has 0 bridgehead atoms. The number of benzene rings is 1. The van der Waals surface area contributed by atoms with Gasteiger partial charge in [-0.15, -0.1) is 0 Å². The summed E-state index contributed by atoms with van der Waals surface area (Å²) >= 11 is 0. The third-order valence-corrected chi connectivity index (χ3v) is 2.16. The van der Waals surface area contributed by atoms with Crippen molar-refractivity contribution in [2.24, 2.45) is 0 Å². The molecule has 1 rings (SSSR count). The molecule has 0 aliphatic rings. The van der Waals surface area contributed by atoms with Gasteiger partial charge in [0.05, 0.1) is 21.3 Å². The van der Waals surface area contributed by atoms with E-state index in [4.69, 9.17) is 14.2 Å². The van der Waals surface area contributed by atoms with Crippen LogP contribution in [0.5, 0.6) is 17.2 Å². The first-order valence-electron chi connectivity index (χ1n) is 4.72. The fourth-order valence-corrected chi connectivity index (χ4v) is 1.38. The molecule has 0 aromatic heterocycles. The van der Waals surface area contributed by atoms with Gasteiger partial charge in [0.1, 0.15) is 5.75 Å². The Bertz CT molecular complexity index is 365. The van der Waals surface area contributed by atoms with Crippen LogP contribution in [0.1, 0.15) is 5.56 Å². The van der Waals surface area contributed by atoms with Crippen LogP contribution in [0.3, 0.4) is 0 Å². The lowest BCUT2D eigenvalue weighted by Crippen LogP contribution is -2.11. The first kappa shape index (κ1) is 12.2. The summed E-state index contributed by atoms with van der Waals surface area (Å²) in [7, 11) is 4.67. The van der Waals surface area contributed by atoms with Gasteiger partial charge in [0, 0.05) is 18.2 Å². The van der Waals surface area contributed by atoms with Crippen molar-refractivity contribution in [3.8, 4) is 17.2 Å². The summed E-state index contributed by atoms with van der Waals surface area (Å²) in [6.45, 7) is 0.382. The Labute approximate surface area is 94.3 Å². The smallest absolute Gasteiger partial charge is 0.207 e. The van der Waals surface area contributed by atoms with Crippen LogP contribution < -0.4 is 19.5 Å². The number of hydrogen-bond donors (Lipinski definition) is 1. The standard InChI is InChI=1S/C11H15NO4/c1-14-9-5-11(16-3)10(15-2)4-8(9)6-12-7-13/h4-5,7H,6H2,1-3H3,(H,12,13). The molecule has 0 unspecified atom stereocenters. The molecule has 1 aromatic rings. The highest BCUT2D eigenvalue weighted by Gasteiger charge is 2.11. The Balaban J connectivity index is 3.09. The second-order valence-corrected chi connectivity index (χ2v) is 3.02. The molecular formula is C11H15NO4. The predicted molar refractivity (Wildman–Crippen MR) is 59.0 cm³/mol. The van der Waals surface area contributed by atoms with Crippen LogP contribution in [0, 0.1) is 0 Å². The first-order chi connectivity index (χ1) is 7.76. The topological polar surface area (TPSA) is 56.8 Å². The SMILES string of the molecule is COc1cc(OC)c(OC)cc1CNC=O. The van der Waals surface area contributed by atoms with Crippen LogP contribution in [0.4, 0.5) is 0 Å². The highest BCUT2D eigenvalue weighted by atomic mass is 16.5. The highest BCUT2D eigenvalue weighted by molar-refractivity contribution is 5.52. The number of amides is 1. The minimum Gasteiger partial charge on any atom is -0.496 e. The quantitative estimate of drug-likeness (QED) is 0.732. The molecule has 1 amide bonds. The highest BCUT2D eigenvalue weighted by Crippen LogP contribution is 2.34. The molecule has 5 nitrogen and oxygen atoms in total. The molecular weight excluding hydrogens is 210 g/mol. The normalized spacial score (nSPS) is 9.44. The van der Waals surface area contributed by atoms with Gasteiger partial charge in [-0.3, -0.25) is 4.79 Å². The molecule has 0 aliphatic heterocycles. The van der Waals surface area contributed by atoms with E-state index in [9.17, 15) is 4.79 Å². The van der Waals surface area contributed by atoms with Gasteiger partial charge < -0.3 is 19.5 Å². The minimum absolute atomic E-state index is 0.382. The van der Waals surface area contributed by atoms with Crippen molar-refractivity contribution in [2.75, 3.05) is 21.3 Å². The Hall–Kier alpha value is -1.91. The maximum absolute atomic E-state index is 10.2. The minimum atomic E-state index is 0.382. The van der Waals surface area contributed by atoms with Crippen molar-refractivity contribution in [1.29, 1.82) is 0 Å².